The third-order valence-corrected chi connectivity index (χ3v) is 1.72. The highest BCUT2D eigenvalue weighted by atomic mass is 16.5. The van der Waals surface area contributed by atoms with Crippen molar-refractivity contribution in [3.63, 3.8) is 0 Å². The second-order valence-corrected chi connectivity index (χ2v) is 2.81. The van der Waals surface area contributed by atoms with E-state index in [9.17, 15) is 9.59 Å². The molecule has 0 saturated heterocycles. The van der Waals surface area contributed by atoms with Gasteiger partial charge in [-0.25, -0.2) is 4.79 Å². The summed E-state index contributed by atoms with van der Waals surface area (Å²) in [6.45, 7) is 6.79. The van der Waals surface area contributed by atoms with E-state index in [0.717, 1.165) is 0 Å². The summed E-state index contributed by atoms with van der Waals surface area (Å²) in [4.78, 5) is 22.3. The van der Waals surface area contributed by atoms with E-state index >= 15 is 0 Å². The van der Waals surface area contributed by atoms with E-state index in [1.165, 1.54) is 0 Å². The standard InChI is InChI=1S/C12H16O3/c1-4-7-8-10(5-2)12(14)15-9-11(13)6-3/h4-5,7-8H,1,6,9H2,2-3H3/b8-7-,10-5+. The lowest BCUT2D eigenvalue weighted by atomic mass is 10.2. The zero-order valence-electron chi connectivity index (χ0n) is 9.16. The van der Waals surface area contributed by atoms with Gasteiger partial charge in [0.15, 0.2) is 5.78 Å². The Morgan fingerprint density at radius 1 is 1.40 bits per heavy atom. The van der Waals surface area contributed by atoms with Crippen LogP contribution in [0.1, 0.15) is 20.3 Å². The lowest BCUT2D eigenvalue weighted by Gasteiger charge is -2.02. The first kappa shape index (κ1) is 13.4. The smallest absolute Gasteiger partial charge is 0.338 e. The molecule has 3 nitrogen and oxygen atoms in total. The molecule has 0 aliphatic rings. The van der Waals surface area contributed by atoms with Gasteiger partial charge in [-0.05, 0) is 13.0 Å². The topological polar surface area (TPSA) is 43.4 Å². The van der Waals surface area contributed by atoms with E-state index < -0.39 is 5.97 Å². The van der Waals surface area contributed by atoms with Gasteiger partial charge < -0.3 is 4.74 Å². The Morgan fingerprint density at radius 3 is 2.53 bits per heavy atom. The highest BCUT2D eigenvalue weighted by Crippen LogP contribution is 2.01. The highest BCUT2D eigenvalue weighted by Gasteiger charge is 2.08. The van der Waals surface area contributed by atoms with Crippen molar-refractivity contribution in [2.75, 3.05) is 6.61 Å². The van der Waals surface area contributed by atoms with Gasteiger partial charge in [-0.1, -0.05) is 31.7 Å². The predicted octanol–water partition coefficient (Wildman–Crippen LogP) is 2.20. The molecule has 0 bridgehead atoms. The molecule has 0 saturated carbocycles. The van der Waals surface area contributed by atoms with Crippen LogP contribution in [0.5, 0.6) is 0 Å². The molecule has 82 valence electrons. The Labute approximate surface area is 90.1 Å². The molecule has 0 N–H and O–H groups in total. The zero-order valence-corrected chi connectivity index (χ0v) is 9.16. The minimum absolute atomic E-state index is 0.0912. The lowest BCUT2D eigenvalue weighted by molar-refractivity contribution is -0.143. The molecule has 0 aromatic rings. The monoisotopic (exact) mass is 208 g/mol. The number of Topliss-reactive ketones (excluding diaryl/α,β-unsaturated/α-hetero) is 1. The number of allylic oxidation sites excluding steroid dienone is 3. The second-order valence-electron chi connectivity index (χ2n) is 2.81. The normalized spacial score (nSPS) is 11.5. The van der Waals surface area contributed by atoms with Crippen LogP contribution in [0.15, 0.2) is 36.5 Å². The fourth-order valence-corrected chi connectivity index (χ4v) is 0.785. The molecule has 0 rings (SSSR count). The first-order valence-electron chi connectivity index (χ1n) is 4.79. The molecule has 0 fully saturated rings. The van der Waals surface area contributed by atoms with Crippen LogP contribution in [0.3, 0.4) is 0 Å². The van der Waals surface area contributed by atoms with Crippen LogP contribution in [-0.2, 0) is 14.3 Å². The van der Waals surface area contributed by atoms with Crippen LogP contribution in [0.2, 0.25) is 0 Å². The molecule has 0 aliphatic heterocycles. The second kappa shape index (κ2) is 7.74. The minimum atomic E-state index is -0.489. The molecular weight excluding hydrogens is 192 g/mol. The molecule has 0 aromatic heterocycles. The average Bonchev–Trinajstić information content (AvgIpc) is 2.26. The van der Waals surface area contributed by atoms with Gasteiger partial charge in [0.1, 0.15) is 6.61 Å². The third-order valence-electron chi connectivity index (χ3n) is 1.72. The van der Waals surface area contributed by atoms with Gasteiger partial charge in [-0.15, -0.1) is 0 Å². The van der Waals surface area contributed by atoms with Crippen LogP contribution in [0.25, 0.3) is 0 Å². The fraction of sp³-hybridized carbons (Fsp3) is 0.333. The highest BCUT2D eigenvalue weighted by molar-refractivity contribution is 5.93. The molecule has 0 radical (unpaired) electrons. The molecule has 0 heterocycles. The largest absolute Gasteiger partial charge is 0.454 e. The number of hydrogen-bond acceptors (Lipinski definition) is 3. The average molecular weight is 208 g/mol. The van der Waals surface area contributed by atoms with Crippen LogP contribution in [0.4, 0.5) is 0 Å². The molecule has 15 heavy (non-hydrogen) atoms. The molecule has 0 unspecified atom stereocenters. The van der Waals surface area contributed by atoms with Crippen molar-refractivity contribution in [2.24, 2.45) is 0 Å². The summed E-state index contributed by atoms with van der Waals surface area (Å²) in [5, 5.41) is 0. The number of ketones is 1. The number of esters is 1. The Morgan fingerprint density at radius 2 is 2.07 bits per heavy atom. The van der Waals surface area contributed by atoms with E-state index in [4.69, 9.17) is 4.74 Å². The Bertz CT molecular complexity index is 298. The SMILES string of the molecule is C=C/C=C\C(=C/C)C(=O)OCC(=O)CC. The summed E-state index contributed by atoms with van der Waals surface area (Å²) >= 11 is 0. The summed E-state index contributed by atoms with van der Waals surface area (Å²) < 4.78 is 4.80. The van der Waals surface area contributed by atoms with E-state index in [1.807, 2.05) is 0 Å². The number of rotatable bonds is 6. The van der Waals surface area contributed by atoms with Crippen molar-refractivity contribution in [1.82, 2.24) is 0 Å². The minimum Gasteiger partial charge on any atom is -0.454 e. The summed E-state index contributed by atoms with van der Waals surface area (Å²) in [6, 6.07) is 0. The fourth-order valence-electron chi connectivity index (χ4n) is 0.785. The number of carbonyl (C=O) groups is 2. The summed E-state index contributed by atoms with van der Waals surface area (Å²) in [5.74, 6) is -0.580. The first-order valence-corrected chi connectivity index (χ1v) is 4.79. The number of carbonyl (C=O) groups excluding carboxylic acids is 2. The number of hydrogen-bond donors (Lipinski definition) is 0. The van der Waals surface area contributed by atoms with Crippen molar-refractivity contribution in [2.45, 2.75) is 20.3 Å². The van der Waals surface area contributed by atoms with Gasteiger partial charge in [0, 0.05) is 6.42 Å². The van der Waals surface area contributed by atoms with Gasteiger partial charge in [-0.2, -0.15) is 0 Å². The van der Waals surface area contributed by atoms with Crippen molar-refractivity contribution in [3.8, 4) is 0 Å². The van der Waals surface area contributed by atoms with E-state index in [-0.39, 0.29) is 12.4 Å². The van der Waals surface area contributed by atoms with Gasteiger partial charge in [0.2, 0.25) is 0 Å². The maximum absolute atomic E-state index is 11.4. The first-order chi connectivity index (χ1) is 7.15. The quantitative estimate of drug-likeness (QED) is 0.382. The van der Waals surface area contributed by atoms with Crippen molar-refractivity contribution >= 4 is 11.8 Å². The Kier molecular flexibility index (Phi) is 6.89. The molecule has 3 heteroatoms. The van der Waals surface area contributed by atoms with Crippen LogP contribution >= 0.6 is 0 Å². The van der Waals surface area contributed by atoms with Gasteiger partial charge in [0.25, 0.3) is 0 Å². The van der Waals surface area contributed by atoms with Gasteiger partial charge >= 0.3 is 5.97 Å². The van der Waals surface area contributed by atoms with E-state index in [2.05, 4.69) is 6.58 Å². The summed E-state index contributed by atoms with van der Waals surface area (Å²) in [7, 11) is 0. The molecule has 0 aromatic carbocycles. The Balaban J connectivity index is 4.24. The zero-order chi connectivity index (χ0) is 11.7. The van der Waals surface area contributed by atoms with Crippen molar-refractivity contribution in [1.29, 1.82) is 0 Å². The third kappa shape index (κ3) is 5.62. The molecular formula is C12H16O3. The van der Waals surface area contributed by atoms with Crippen LogP contribution in [0, 0.1) is 0 Å². The van der Waals surface area contributed by atoms with Gasteiger partial charge in [-0.3, -0.25) is 4.79 Å². The van der Waals surface area contributed by atoms with Crippen molar-refractivity contribution in [3.05, 3.63) is 36.5 Å². The molecule has 0 atom stereocenters. The van der Waals surface area contributed by atoms with E-state index in [1.54, 1.807) is 38.2 Å². The Hall–Kier alpha value is -1.64. The number of ether oxygens (including phenoxy) is 1. The molecule has 0 aliphatic carbocycles. The van der Waals surface area contributed by atoms with Gasteiger partial charge in [0.05, 0.1) is 5.57 Å². The van der Waals surface area contributed by atoms with Crippen LogP contribution in [-0.4, -0.2) is 18.4 Å². The summed E-state index contributed by atoms with van der Waals surface area (Å²) in [5.41, 5.74) is 0.416. The predicted molar refractivity (Wildman–Crippen MR) is 59.4 cm³/mol. The maximum Gasteiger partial charge on any atom is 0.338 e. The molecule has 0 spiro atoms. The van der Waals surface area contributed by atoms with Crippen LogP contribution < -0.4 is 0 Å². The lowest BCUT2D eigenvalue weighted by Crippen LogP contribution is -2.13. The van der Waals surface area contributed by atoms with Crippen molar-refractivity contribution < 1.29 is 14.3 Å². The maximum atomic E-state index is 11.4. The summed E-state index contributed by atoms with van der Waals surface area (Å²) in [6.07, 6.45) is 6.79. The van der Waals surface area contributed by atoms with E-state index in [0.29, 0.717) is 12.0 Å². The molecule has 0 amide bonds.